The lowest BCUT2D eigenvalue weighted by Crippen LogP contribution is -2.34. The van der Waals surface area contributed by atoms with Gasteiger partial charge in [-0.2, -0.15) is 13.2 Å². The van der Waals surface area contributed by atoms with E-state index in [1.54, 1.807) is 6.07 Å². The number of ketones is 1. The molecular formula is C12H12F3NO2. The largest absolute Gasteiger partial charge is 0.402 e. The summed E-state index contributed by atoms with van der Waals surface area (Å²) in [6.45, 7) is 0. The molecule has 0 aliphatic heterocycles. The second kappa shape index (κ2) is 5.77. The molecule has 98 valence electrons. The fraction of sp³-hybridized carbons (Fsp3) is 0.333. The van der Waals surface area contributed by atoms with Crippen molar-refractivity contribution in [2.24, 2.45) is 5.73 Å². The van der Waals surface area contributed by atoms with Crippen LogP contribution >= 0.6 is 0 Å². The second-order valence-electron chi connectivity index (χ2n) is 3.86. The van der Waals surface area contributed by atoms with Crippen LogP contribution in [0.1, 0.15) is 17.9 Å². The lowest BCUT2D eigenvalue weighted by Gasteiger charge is -2.20. The van der Waals surface area contributed by atoms with Crippen molar-refractivity contribution >= 4 is 12.1 Å². The highest BCUT2D eigenvalue weighted by molar-refractivity contribution is 5.89. The number of rotatable bonds is 5. The van der Waals surface area contributed by atoms with Crippen LogP contribution in [0, 0.1) is 0 Å². The summed E-state index contributed by atoms with van der Waals surface area (Å²) in [5.74, 6) is -3.34. The van der Waals surface area contributed by atoms with Gasteiger partial charge in [0.05, 0.1) is 6.04 Å². The summed E-state index contributed by atoms with van der Waals surface area (Å²) >= 11 is 0. The standard InChI is InChI=1S/C12H12F3NO2/c13-12(14,15)11(8-4-2-1-3-5-8)10(18)6-9(16)7-17/h1-5,7,9,11H,6,16H2/t9-,11?/m0/s1. The Morgan fingerprint density at radius 3 is 2.28 bits per heavy atom. The molecule has 2 atom stereocenters. The van der Waals surface area contributed by atoms with Crippen LogP contribution in [-0.2, 0) is 9.59 Å². The first-order chi connectivity index (χ1) is 8.36. The number of nitrogens with two attached hydrogens (primary N) is 1. The zero-order valence-electron chi connectivity index (χ0n) is 9.35. The Kier molecular flexibility index (Phi) is 4.61. The average Bonchev–Trinajstić information content (AvgIpc) is 2.28. The maximum Gasteiger partial charge on any atom is 0.402 e. The van der Waals surface area contributed by atoms with Gasteiger partial charge in [-0.15, -0.1) is 0 Å². The van der Waals surface area contributed by atoms with Gasteiger partial charge in [-0.05, 0) is 5.56 Å². The average molecular weight is 259 g/mol. The van der Waals surface area contributed by atoms with E-state index in [1.165, 1.54) is 24.3 Å². The number of alkyl halides is 3. The summed E-state index contributed by atoms with van der Waals surface area (Å²) < 4.78 is 38.6. The predicted molar refractivity (Wildman–Crippen MR) is 58.9 cm³/mol. The first-order valence-corrected chi connectivity index (χ1v) is 5.21. The van der Waals surface area contributed by atoms with Gasteiger partial charge in [0.1, 0.15) is 12.2 Å². The Labute approximate surface area is 102 Å². The molecule has 0 aliphatic carbocycles. The lowest BCUT2D eigenvalue weighted by atomic mass is 9.91. The molecule has 0 bridgehead atoms. The third kappa shape index (κ3) is 3.66. The minimum absolute atomic E-state index is 0.145. The van der Waals surface area contributed by atoms with Crippen molar-refractivity contribution < 1.29 is 22.8 Å². The van der Waals surface area contributed by atoms with Crippen LogP contribution in [0.25, 0.3) is 0 Å². The highest BCUT2D eigenvalue weighted by Crippen LogP contribution is 2.36. The van der Waals surface area contributed by atoms with Gasteiger partial charge >= 0.3 is 6.18 Å². The van der Waals surface area contributed by atoms with Gasteiger partial charge in [0.2, 0.25) is 0 Å². The van der Waals surface area contributed by atoms with Crippen molar-refractivity contribution in [2.45, 2.75) is 24.6 Å². The van der Waals surface area contributed by atoms with E-state index < -0.39 is 30.3 Å². The Morgan fingerprint density at radius 1 is 1.28 bits per heavy atom. The van der Waals surface area contributed by atoms with E-state index in [9.17, 15) is 22.8 Å². The van der Waals surface area contributed by atoms with E-state index in [0.29, 0.717) is 0 Å². The Balaban J connectivity index is 3.01. The van der Waals surface area contributed by atoms with E-state index in [2.05, 4.69) is 0 Å². The number of carbonyl (C=O) groups is 2. The molecule has 18 heavy (non-hydrogen) atoms. The van der Waals surface area contributed by atoms with Crippen LogP contribution in [0.4, 0.5) is 13.2 Å². The molecule has 6 heteroatoms. The number of benzene rings is 1. The molecule has 1 rings (SSSR count). The molecule has 1 unspecified atom stereocenters. The molecule has 3 nitrogen and oxygen atoms in total. The molecular weight excluding hydrogens is 247 g/mol. The summed E-state index contributed by atoms with van der Waals surface area (Å²) in [7, 11) is 0. The van der Waals surface area contributed by atoms with Crippen LogP contribution in [0.2, 0.25) is 0 Å². The minimum atomic E-state index is -4.69. The molecule has 1 aromatic carbocycles. The van der Waals surface area contributed by atoms with Crippen LogP contribution in [0.5, 0.6) is 0 Å². The van der Waals surface area contributed by atoms with Crippen molar-refractivity contribution in [1.29, 1.82) is 0 Å². The maximum absolute atomic E-state index is 12.9. The first-order valence-electron chi connectivity index (χ1n) is 5.21. The zero-order valence-corrected chi connectivity index (χ0v) is 9.35. The van der Waals surface area contributed by atoms with E-state index in [4.69, 9.17) is 5.73 Å². The quantitative estimate of drug-likeness (QED) is 0.820. The molecule has 0 radical (unpaired) electrons. The smallest absolute Gasteiger partial charge is 0.321 e. The topological polar surface area (TPSA) is 60.2 Å². The summed E-state index contributed by atoms with van der Waals surface area (Å²) in [4.78, 5) is 21.9. The molecule has 0 heterocycles. The Morgan fingerprint density at radius 2 is 1.83 bits per heavy atom. The number of hydrogen-bond donors (Lipinski definition) is 1. The summed E-state index contributed by atoms with van der Waals surface area (Å²) in [5, 5.41) is 0. The number of aldehydes is 1. The van der Waals surface area contributed by atoms with Crippen molar-refractivity contribution in [1.82, 2.24) is 0 Å². The summed E-state index contributed by atoms with van der Waals surface area (Å²) in [6.07, 6.45) is -5.06. The van der Waals surface area contributed by atoms with Gasteiger partial charge < -0.3 is 10.5 Å². The monoisotopic (exact) mass is 259 g/mol. The number of Topliss-reactive ketones (excluding diaryl/α,β-unsaturated/α-hetero) is 1. The zero-order chi connectivity index (χ0) is 13.8. The molecule has 0 fully saturated rings. The third-order valence-corrected chi connectivity index (χ3v) is 2.39. The highest BCUT2D eigenvalue weighted by atomic mass is 19.4. The SMILES string of the molecule is N[C@H](C=O)CC(=O)C(c1ccccc1)C(F)(F)F. The Bertz CT molecular complexity index is 417. The molecule has 0 saturated carbocycles. The second-order valence-corrected chi connectivity index (χ2v) is 3.86. The van der Waals surface area contributed by atoms with Crippen molar-refractivity contribution in [3.05, 3.63) is 35.9 Å². The molecule has 0 saturated heterocycles. The van der Waals surface area contributed by atoms with E-state index in [0.717, 1.165) is 0 Å². The summed E-state index contributed by atoms with van der Waals surface area (Å²) in [6, 6.07) is 5.64. The van der Waals surface area contributed by atoms with Crippen LogP contribution < -0.4 is 5.73 Å². The van der Waals surface area contributed by atoms with Gasteiger partial charge in [-0.25, -0.2) is 0 Å². The van der Waals surface area contributed by atoms with Crippen LogP contribution in [0.3, 0.4) is 0 Å². The van der Waals surface area contributed by atoms with Crippen molar-refractivity contribution in [2.75, 3.05) is 0 Å². The summed E-state index contributed by atoms with van der Waals surface area (Å²) in [5.41, 5.74) is 5.03. The number of halogens is 3. The van der Waals surface area contributed by atoms with E-state index >= 15 is 0 Å². The maximum atomic E-state index is 12.9. The van der Waals surface area contributed by atoms with Gasteiger partial charge in [-0.3, -0.25) is 4.79 Å². The van der Waals surface area contributed by atoms with Gasteiger partial charge in [-0.1, -0.05) is 30.3 Å². The van der Waals surface area contributed by atoms with E-state index in [-0.39, 0.29) is 11.8 Å². The van der Waals surface area contributed by atoms with Gasteiger partial charge in [0, 0.05) is 6.42 Å². The van der Waals surface area contributed by atoms with Crippen molar-refractivity contribution in [3.63, 3.8) is 0 Å². The molecule has 2 N–H and O–H groups in total. The highest BCUT2D eigenvalue weighted by Gasteiger charge is 2.45. The number of hydrogen-bond acceptors (Lipinski definition) is 3. The molecule has 0 aliphatic rings. The minimum Gasteiger partial charge on any atom is -0.321 e. The van der Waals surface area contributed by atoms with Gasteiger partial charge in [0.15, 0.2) is 5.78 Å². The molecule has 1 aromatic rings. The predicted octanol–water partition coefficient (Wildman–Crippen LogP) is 1.82. The molecule has 0 spiro atoms. The fourth-order valence-corrected chi connectivity index (χ4v) is 1.60. The number of carbonyl (C=O) groups excluding carboxylic acids is 2. The van der Waals surface area contributed by atoms with Crippen LogP contribution in [-0.4, -0.2) is 24.3 Å². The van der Waals surface area contributed by atoms with Crippen LogP contribution in [0.15, 0.2) is 30.3 Å². The third-order valence-electron chi connectivity index (χ3n) is 2.39. The van der Waals surface area contributed by atoms with Crippen molar-refractivity contribution in [3.8, 4) is 0 Å². The molecule has 0 aromatic heterocycles. The normalized spacial score (nSPS) is 14.9. The molecule has 0 amide bonds. The van der Waals surface area contributed by atoms with E-state index in [1.807, 2.05) is 0 Å². The first kappa shape index (κ1) is 14.4. The van der Waals surface area contributed by atoms with Gasteiger partial charge in [0.25, 0.3) is 0 Å². The lowest BCUT2D eigenvalue weighted by molar-refractivity contribution is -0.163. The Hall–Kier alpha value is -1.69. The fourth-order valence-electron chi connectivity index (χ4n) is 1.60.